The van der Waals surface area contributed by atoms with Crippen molar-refractivity contribution in [1.29, 1.82) is 0 Å². The van der Waals surface area contributed by atoms with Gasteiger partial charge in [-0.2, -0.15) is 0 Å². The molecule has 0 saturated heterocycles. The van der Waals surface area contributed by atoms with Crippen LogP contribution in [0.5, 0.6) is 17.2 Å². The second kappa shape index (κ2) is 4.68. The summed E-state index contributed by atoms with van der Waals surface area (Å²) in [6.07, 6.45) is 0. The van der Waals surface area contributed by atoms with E-state index < -0.39 is 0 Å². The van der Waals surface area contributed by atoms with E-state index in [9.17, 15) is 9.90 Å². The molecule has 0 spiro atoms. The van der Waals surface area contributed by atoms with Crippen molar-refractivity contribution in [3.05, 3.63) is 51.6 Å². The maximum atomic E-state index is 12.2. The minimum absolute atomic E-state index is 0.0706. The highest BCUT2D eigenvalue weighted by Gasteiger charge is 2.20. The molecular weight excluding hydrogens is 308 g/mol. The van der Waals surface area contributed by atoms with Crippen molar-refractivity contribution in [2.24, 2.45) is 0 Å². The van der Waals surface area contributed by atoms with Gasteiger partial charge in [0.25, 0.3) is 0 Å². The maximum absolute atomic E-state index is 12.2. The van der Waals surface area contributed by atoms with E-state index in [0.717, 1.165) is 0 Å². The third-order valence-corrected chi connectivity index (χ3v) is 3.76. The summed E-state index contributed by atoms with van der Waals surface area (Å²) in [6, 6.07) is 9.26. The van der Waals surface area contributed by atoms with Gasteiger partial charge >= 0.3 is 0 Å². The number of phenolic OH excluding ortho intramolecular Hbond substituents is 1. The number of ether oxygens (including phenoxy) is 2. The summed E-state index contributed by atoms with van der Waals surface area (Å²) in [5.41, 5.74) is 0.378. The maximum Gasteiger partial charge on any atom is 0.231 e. The van der Waals surface area contributed by atoms with E-state index in [4.69, 9.17) is 25.5 Å². The zero-order chi connectivity index (χ0) is 15.3. The van der Waals surface area contributed by atoms with Gasteiger partial charge in [0.2, 0.25) is 6.79 Å². The van der Waals surface area contributed by atoms with E-state index in [-0.39, 0.29) is 29.3 Å². The van der Waals surface area contributed by atoms with Crippen LogP contribution in [0.15, 0.2) is 45.6 Å². The van der Waals surface area contributed by atoms with E-state index in [1.54, 1.807) is 24.3 Å². The number of hydrogen-bond donors (Lipinski definition) is 1. The van der Waals surface area contributed by atoms with Crippen LogP contribution in [-0.2, 0) is 0 Å². The highest BCUT2D eigenvalue weighted by Crippen LogP contribution is 2.42. The van der Waals surface area contributed by atoms with Crippen molar-refractivity contribution >= 4 is 22.6 Å². The highest BCUT2D eigenvalue weighted by atomic mass is 35.5. The van der Waals surface area contributed by atoms with Gasteiger partial charge in [0, 0.05) is 12.1 Å². The molecule has 110 valence electrons. The molecule has 0 fully saturated rings. The van der Waals surface area contributed by atoms with Gasteiger partial charge in [-0.3, -0.25) is 4.79 Å². The highest BCUT2D eigenvalue weighted by molar-refractivity contribution is 6.34. The summed E-state index contributed by atoms with van der Waals surface area (Å²) < 4.78 is 16.2. The minimum atomic E-state index is -0.240. The lowest BCUT2D eigenvalue weighted by atomic mass is 10.1. The smallest absolute Gasteiger partial charge is 0.231 e. The number of halogens is 1. The Labute approximate surface area is 129 Å². The molecule has 1 aliphatic rings. The van der Waals surface area contributed by atoms with Crippen LogP contribution in [0.4, 0.5) is 0 Å². The average molecular weight is 317 g/mol. The first-order valence-corrected chi connectivity index (χ1v) is 6.86. The molecule has 1 aromatic heterocycles. The van der Waals surface area contributed by atoms with Gasteiger partial charge in [0.05, 0.1) is 16.0 Å². The van der Waals surface area contributed by atoms with Crippen molar-refractivity contribution in [2.75, 3.05) is 6.79 Å². The van der Waals surface area contributed by atoms with E-state index in [1.165, 1.54) is 12.1 Å². The molecule has 5 nitrogen and oxygen atoms in total. The van der Waals surface area contributed by atoms with Gasteiger partial charge < -0.3 is 19.0 Å². The Balaban J connectivity index is 1.99. The fourth-order valence-electron chi connectivity index (χ4n) is 2.40. The zero-order valence-corrected chi connectivity index (χ0v) is 11.9. The molecular formula is C16H9ClO5. The van der Waals surface area contributed by atoms with Crippen LogP contribution in [0.3, 0.4) is 0 Å². The normalized spacial score (nSPS) is 12.8. The monoisotopic (exact) mass is 316 g/mol. The van der Waals surface area contributed by atoms with Crippen LogP contribution in [0.2, 0.25) is 5.02 Å². The van der Waals surface area contributed by atoms with Gasteiger partial charge in [-0.15, -0.1) is 0 Å². The predicted molar refractivity (Wildman–Crippen MR) is 80.7 cm³/mol. The Bertz CT molecular complexity index is 961. The van der Waals surface area contributed by atoms with E-state index >= 15 is 0 Å². The number of hydrogen-bond acceptors (Lipinski definition) is 5. The number of rotatable bonds is 1. The standard InChI is InChI=1S/C16H9ClO5/c17-10-3-1-2-8-11(18)5-13(22-16(8)10)9-4-14-15(6-12(9)19)21-7-20-14/h1-6,19H,7H2. The van der Waals surface area contributed by atoms with Gasteiger partial charge in [-0.25, -0.2) is 0 Å². The van der Waals surface area contributed by atoms with Crippen molar-refractivity contribution in [3.63, 3.8) is 0 Å². The molecule has 0 radical (unpaired) electrons. The van der Waals surface area contributed by atoms with E-state index in [1.807, 2.05) is 0 Å². The lowest BCUT2D eigenvalue weighted by Gasteiger charge is -2.07. The van der Waals surface area contributed by atoms with Crippen LogP contribution >= 0.6 is 11.6 Å². The molecule has 1 N–H and O–H groups in total. The molecule has 0 saturated carbocycles. The van der Waals surface area contributed by atoms with Crippen molar-refractivity contribution in [2.45, 2.75) is 0 Å². The summed E-state index contributed by atoms with van der Waals surface area (Å²) in [5, 5.41) is 10.8. The first-order chi connectivity index (χ1) is 10.6. The molecule has 0 unspecified atom stereocenters. The van der Waals surface area contributed by atoms with Crippen molar-refractivity contribution in [3.8, 4) is 28.6 Å². The Morgan fingerprint density at radius 2 is 1.86 bits per heavy atom. The van der Waals surface area contributed by atoms with Crippen LogP contribution < -0.4 is 14.9 Å². The number of benzene rings is 2. The third kappa shape index (κ3) is 1.90. The van der Waals surface area contributed by atoms with Gasteiger partial charge in [-0.05, 0) is 18.2 Å². The third-order valence-electron chi connectivity index (χ3n) is 3.46. The average Bonchev–Trinajstić information content (AvgIpc) is 2.94. The first-order valence-electron chi connectivity index (χ1n) is 6.49. The van der Waals surface area contributed by atoms with Gasteiger partial charge in [0.1, 0.15) is 11.5 Å². The molecule has 0 aliphatic carbocycles. The molecule has 1 aliphatic heterocycles. The van der Waals surface area contributed by atoms with Gasteiger partial charge in [-0.1, -0.05) is 17.7 Å². The Morgan fingerprint density at radius 1 is 1.09 bits per heavy atom. The number of fused-ring (bicyclic) bond motifs is 2. The quantitative estimate of drug-likeness (QED) is 0.743. The number of phenols is 1. The lowest BCUT2D eigenvalue weighted by molar-refractivity contribution is 0.174. The topological polar surface area (TPSA) is 68.9 Å². The second-order valence-electron chi connectivity index (χ2n) is 4.81. The predicted octanol–water partition coefficient (Wildman–Crippen LogP) is 3.55. The molecule has 6 heteroatoms. The summed E-state index contributed by atoms with van der Waals surface area (Å²) in [7, 11) is 0. The fourth-order valence-corrected chi connectivity index (χ4v) is 2.62. The Hall–Kier alpha value is -2.66. The molecule has 22 heavy (non-hydrogen) atoms. The zero-order valence-electron chi connectivity index (χ0n) is 11.1. The van der Waals surface area contributed by atoms with E-state index in [0.29, 0.717) is 27.5 Å². The summed E-state index contributed by atoms with van der Waals surface area (Å²) in [6.45, 7) is 0.0890. The minimum Gasteiger partial charge on any atom is -0.507 e. The summed E-state index contributed by atoms with van der Waals surface area (Å²) in [4.78, 5) is 12.2. The molecule has 0 bridgehead atoms. The van der Waals surface area contributed by atoms with E-state index in [2.05, 4.69) is 0 Å². The molecule has 2 aromatic carbocycles. The second-order valence-corrected chi connectivity index (χ2v) is 5.22. The van der Waals surface area contributed by atoms with Gasteiger partial charge in [0.15, 0.2) is 22.5 Å². The largest absolute Gasteiger partial charge is 0.507 e. The first kappa shape index (κ1) is 13.0. The summed E-state index contributed by atoms with van der Waals surface area (Å²) >= 11 is 6.08. The van der Waals surface area contributed by atoms with Crippen LogP contribution in [0.1, 0.15) is 0 Å². The van der Waals surface area contributed by atoms with Crippen molar-refractivity contribution < 1.29 is 19.0 Å². The SMILES string of the molecule is O=c1cc(-c2cc3c(cc2O)OCO3)oc2c(Cl)cccc12. The Morgan fingerprint density at radius 3 is 2.68 bits per heavy atom. The molecule has 4 rings (SSSR count). The lowest BCUT2D eigenvalue weighted by Crippen LogP contribution is -2.00. The Kier molecular flexibility index (Phi) is 2.77. The molecule has 2 heterocycles. The molecule has 0 amide bonds. The molecule has 0 atom stereocenters. The van der Waals surface area contributed by atoms with Crippen LogP contribution in [-0.4, -0.2) is 11.9 Å². The number of para-hydroxylation sites is 1. The summed E-state index contributed by atoms with van der Waals surface area (Å²) in [5.74, 6) is 1.07. The number of aromatic hydroxyl groups is 1. The van der Waals surface area contributed by atoms with Crippen LogP contribution in [0, 0.1) is 0 Å². The van der Waals surface area contributed by atoms with Crippen LogP contribution in [0.25, 0.3) is 22.3 Å². The fraction of sp³-hybridized carbons (Fsp3) is 0.0625. The molecule has 3 aromatic rings. The van der Waals surface area contributed by atoms with Crippen molar-refractivity contribution in [1.82, 2.24) is 0 Å².